The average Bonchev–Trinajstić information content (AvgIpc) is 2.38. The second-order valence-electron chi connectivity index (χ2n) is 4.60. The van der Waals surface area contributed by atoms with Gasteiger partial charge in [-0.15, -0.1) is 0 Å². The van der Waals surface area contributed by atoms with E-state index >= 15 is 0 Å². The zero-order valence-electron chi connectivity index (χ0n) is 10.5. The van der Waals surface area contributed by atoms with Crippen LogP contribution in [0.4, 0.5) is 0 Å². The molecule has 1 fully saturated rings. The largest absolute Gasteiger partial charge is 0.480 e. The quantitative estimate of drug-likeness (QED) is 0.765. The van der Waals surface area contributed by atoms with Crippen LogP contribution in [0.5, 0.6) is 0 Å². The maximum atomic E-state index is 12.1. The lowest BCUT2D eigenvalue weighted by Crippen LogP contribution is -2.47. The lowest BCUT2D eigenvalue weighted by molar-refractivity contribution is -0.136. The number of carbonyl (C=O) groups is 1. The minimum atomic E-state index is -3.75. The van der Waals surface area contributed by atoms with Crippen LogP contribution in [0, 0.1) is 0 Å². The van der Waals surface area contributed by atoms with E-state index in [1.807, 2.05) is 14.0 Å². The summed E-state index contributed by atoms with van der Waals surface area (Å²) >= 11 is 0. The summed E-state index contributed by atoms with van der Waals surface area (Å²) in [6.45, 7) is 4.89. The van der Waals surface area contributed by atoms with Gasteiger partial charge in [-0.05, 0) is 33.9 Å². The van der Waals surface area contributed by atoms with E-state index in [0.717, 1.165) is 13.0 Å². The number of nitrogens with zero attached hydrogens (tertiary/aromatic N) is 2. The Morgan fingerprint density at radius 3 is 2.53 bits per heavy atom. The van der Waals surface area contributed by atoms with Gasteiger partial charge in [0.2, 0.25) is 10.0 Å². The molecule has 1 saturated heterocycles. The molecule has 0 bridgehead atoms. The topological polar surface area (TPSA) is 77.9 Å². The smallest absolute Gasteiger partial charge is 0.323 e. The summed E-state index contributed by atoms with van der Waals surface area (Å²) < 4.78 is 25.6. The van der Waals surface area contributed by atoms with Gasteiger partial charge in [-0.2, -0.15) is 4.31 Å². The van der Waals surface area contributed by atoms with Crippen molar-refractivity contribution in [1.82, 2.24) is 9.21 Å². The lowest BCUT2D eigenvalue weighted by atomic mass is 10.3. The van der Waals surface area contributed by atoms with Crippen LogP contribution in [-0.4, -0.2) is 66.7 Å². The predicted octanol–water partition coefficient (Wildman–Crippen LogP) is -0.185. The van der Waals surface area contributed by atoms with E-state index in [9.17, 15) is 13.2 Å². The van der Waals surface area contributed by atoms with E-state index in [1.165, 1.54) is 11.2 Å². The van der Waals surface area contributed by atoms with E-state index in [2.05, 4.69) is 4.90 Å². The molecule has 7 heteroatoms. The molecule has 0 aliphatic carbocycles. The summed E-state index contributed by atoms with van der Waals surface area (Å²) in [5.74, 6) is -1.30. The normalized spacial score (nSPS) is 26.4. The molecule has 0 aromatic heterocycles. The highest BCUT2D eigenvalue weighted by Gasteiger charge is 2.37. The number of hydrogen-bond donors (Lipinski definition) is 1. The molecule has 0 amide bonds. The molecular weight excluding hydrogens is 244 g/mol. The van der Waals surface area contributed by atoms with Gasteiger partial charge in [-0.3, -0.25) is 4.79 Å². The standard InChI is InChI=1S/C10H20N2O4S/c1-8-7-11(3)5-4-6-12(8)17(15,16)9(2)10(13)14/h8-9H,4-7H2,1-3H3,(H,13,14). The van der Waals surface area contributed by atoms with Crippen LogP contribution >= 0.6 is 0 Å². The number of rotatable bonds is 3. The maximum Gasteiger partial charge on any atom is 0.323 e. The Hall–Kier alpha value is -0.660. The fraction of sp³-hybridized carbons (Fsp3) is 0.900. The van der Waals surface area contributed by atoms with Crippen LogP contribution in [0.25, 0.3) is 0 Å². The van der Waals surface area contributed by atoms with Crippen molar-refractivity contribution in [2.75, 3.05) is 26.7 Å². The molecule has 17 heavy (non-hydrogen) atoms. The molecule has 1 rings (SSSR count). The summed E-state index contributed by atoms with van der Waals surface area (Å²) in [6, 6.07) is -0.186. The van der Waals surface area contributed by atoms with Crippen LogP contribution in [0.3, 0.4) is 0 Å². The lowest BCUT2D eigenvalue weighted by Gasteiger charge is -2.28. The molecule has 100 valence electrons. The number of sulfonamides is 1. The molecule has 1 aliphatic heterocycles. The van der Waals surface area contributed by atoms with E-state index in [1.54, 1.807) is 0 Å². The third-order valence-electron chi connectivity index (χ3n) is 3.11. The van der Waals surface area contributed by atoms with Crippen molar-refractivity contribution < 1.29 is 18.3 Å². The van der Waals surface area contributed by atoms with Gasteiger partial charge in [0.25, 0.3) is 0 Å². The summed E-state index contributed by atoms with van der Waals surface area (Å²) in [6.07, 6.45) is 0.729. The molecule has 2 atom stereocenters. The Morgan fingerprint density at radius 1 is 1.41 bits per heavy atom. The SMILES string of the molecule is CC1CN(C)CCCN1S(=O)(=O)C(C)C(=O)O. The summed E-state index contributed by atoms with van der Waals surface area (Å²) in [5.41, 5.74) is 0. The second-order valence-corrected chi connectivity index (χ2v) is 6.81. The van der Waals surface area contributed by atoms with Crippen molar-refractivity contribution in [3.63, 3.8) is 0 Å². The molecule has 2 unspecified atom stereocenters. The molecule has 1 heterocycles. The van der Waals surface area contributed by atoms with Crippen LogP contribution in [0.2, 0.25) is 0 Å². The van der Waals surface area contributed by atoms with E-state index < -0.39 is 21.2 Å². The Balaban J connectivity index is 2.93. The van der Waals surface area contributed by atoms with Gasteiger partial charge in [0.15, 0.2) is 5.25 Å². The molecule has 0 aromatic carbocycles. The monoisotopic (exact) mass is 264 g/mol. The average molecular weight is 264 g/mol. The number of likely N-dealkylation sites (N-methyl/N-ethyl adjacent to an activating group) is 1. The highest BCUT2D eigenvalue weighted by molar-refractivity contribution is 7.90. The van der Waals surface area contributed by atoms with Crippen molar-refractivity contribution in [2.45, 2.75) is 31.6 Å². The zero-order valence-corrected chi connectivity index (χ0v) is 11.3. The Labute approximate surface area is 102 Å². The van der Waals surface area contributed by atoms with Gasteiger partial charge in [-0.25, -0.2) is 8.42 Å². The molecule has 6 nitrogen and oxygen atoms in total. The van der Waals surface area contributed by atoms with Gasteiger partial charge >= 0.3 is 5.97 Å². The van der Waals surface area contributed by atoms with Crippen LogP contribution < -0.4 is 0 Å². The zero-order chi connectivity index (χ0) is 13.2. The molecule has 1 aliphatic rings. The third-order valence-corrected chi connectivity index (χ3v) is 5.40. The minimum absolute atomic E-state index is 0.186. The first kappa shape index (κ1) is 14.4. The van der Waals surface area contributed by atoms with Gasteiger partial charge in [0.1, 0.15) is 0 Å². The minimum Gasteiger partial charge on any atom is -0.480 e. The van der Waals surface area contributed by atoms with Gasteiger partial charge in [0.05, 0.1) is 0 Å². The maximum absolute atomic E-state index is 12.1. The number of aliphatic carboxylic acids is 1. The van der Waals surface area contributed by atoms with E-state index in [4.69, 9.17) is 5.11 Å². The van der Waals surface area contributed by atoms with Crippen LogP contribution in [0.1, 0.15) is 20.3 Å². The molecule has 0 radical (unpaired) electrons. The van der Waals surface area contributed by atoms with Crippen LogP contribution in [-0.2, 0) is 14.8 Å². The highest BCUT2D eigenvalue weighted by Crippen LogP contribution is 2.17. The fourth-order valence-electron chi connectivity index (χ4n) is 2.06. The predicted molar refractivity (Wildman–Crippen MR) is 64.3 cm³/mol. The molecule has 0 aromatic rings. The Bertz CT molecular complexity index is 382. The van der Waals surface area contributed by atoms with Crippen molar-refractivity contribution in [2.24, 2.45) is 0 Å². The molecule has 1 N–H and O–H groups in total. The number of hydrogen-bond acceptors (Lipinski definition) is 4. The Kier molecular flexibility index (Phi) is 4.51. The fourth-order valence-corrected chi connectivity index (χ4v) is 3.67. The van der Waals surface area contributed by atoms with Crippen molar-refractivity contribution in [1.29, 1.82) is 0 Å². The summed E-state index contributed by atoms with van der Waals surface area (Å²) in [4.78, 5) is 12.9. The van der Waals surface area contributed by atoms with Crippen molar-refractivity contribution in [3.05, 3.63) is 0 Å². The first-order chi connectivity index (χ1) is 7.76. The van der Waals surface area contributed by atoms with Gasteiger partial charge in [0, 0.05) is 19.1 Å². The summed E-state index contributed by atoms with van der Waals surface area (Å²) in [5, 5.41) is 7.46. The van der Waals surface area contributed by atoms with Crippen molar-refractivity contribution in [3.8, 4) is 0 Å². The number of carboxylic acid groups (broad SMARTS) is 1. The van der Waals surface area contributed by atoms with Crippen molar-refractivity contribution >= 4 is 16.0 Å². The highest BCUT2D eigenvalue weighted by atomic mass is 32.2. The summed E-state index contributed by atoms with van der Waals surface area (Å²) in [7, 11) is -1.81. The van der Waals surface area contributed by atoms with E-state index in [0.29, 0.717) is 13.1 Å². The first-order valence-corrected chi connectivity index (χ1v) is 7.19. The van der Waals surface area contributed by atoms with E-state index in [-0.39, 0.29) is 6.04 Å². The van der Waals surface area contributed by atoms with Gasteiger partial charge in [-0.1, -0.05) is 0 Å². The molecule has 0 saturated carbocycles. The second kappa shape index (κ2) is 5.32. The van der Waals surface area contributed by atoms with Crippen LogP contribution in [0.15, 0.2) is 0 Å². The molecular formula is C10H20N2O4S. The molecule has 0 spiro atoms. The number of carboxylic acids is 1. The van der Waals surface area contributed by atoms with Gasteiger partial charge < -0.3 is 10.0 Å². The third kappa shape index (κ3) is 3.17. The Morgan fingerprint density at radius 2 is 2.00 bits per heavy atom. The first-order valence-electron chi connectivity index (χ1n) is 5.69.